The van der Waals surface area contributed by atoms with Crippen molar-refractivity contribution in [2.24, 2.45) is 5.41 Å². The van der Waals surface area contributed by atoms with Gasteiger partial charge in [-0.1, -0.05) is 48.5 Å². The van der Waals surface area contributed by atoms with E-state index < -0.39 is 16.2 Å². The lowest BCUT2D eigenvalue weighted by Crippen LogP contribution is -2.35. The average molecular weight is 325 g/mol. The third-order valence-electron chi connectivity index (χ3n) is 4.80. The van der Waals surface area contributed by atoms with E-state index in [-0.39, 0.29) is 11.3 Å². The summed E-state index contributed by atoms with van der Waals surface area (Å²) in [5.41, 5.74) is 1.76. The van der Waals surface area contributed by atoms with Crippen LogP contribution in [0.1, 0.15) is 30.2 Å². The van der Waals surface area contributed by atoms with Crippen LogP contribution < -0.4 is 4.90 Å². The number of carbonyl (C=O) groups excluding carboxylic acids is 1. The summed E-state index contributed by atoms with van der Waals surface area (Å²) >= 11 is 0. The molecule has 1 saturated heterocycles. The lowest BCUT2D eigenvalue weighted by Gasteiger charge is -2.29. The fraction of sp³-hybridized carbons (Fsp3) is 0.316. The molecule has 118 valence electrons. The Balaban J connectivity index is 1.83. The van der Waals surface area contributed by atoms with Gasteiger partial charge in [-0.05, 0) is 36.0 Å². The van der Waals surface area contributed by atoms with Crippen LogP contribution in [0.25, 0.3) is 0 Å². The monoisotopic (exact) mass is 325 g/mol. The quantitative estimate of drug-likeness (QED) is 0.845. The number of nitrogens with zero attached hydrogens (tertiary/aromatic N) is 1. The molecule has 0 N–H and O–H groups in total. The summed E-state index contributed by atoms with van der Waals surface area (Å²) < 4.78 is 13.1. The Bertz CT molecular complexity index is 679. The molecule has 2 atom stereocenters. The summed E-state index contributed by atoms with van der Waals surface area (Å²) in [4.78, 5) is 14.8. The normalized spacial score (nSPS) is 26.1. The fourth-order valence-electron chi connectivity index (χ4n) is 3.37. The molecule has 0 aromatic heterocycles. The highest BCUT2D eigenvalue weighted by Gasteiger charge is 2.51. The Hall–Kier alpha value is -1.94. The lowest BCUT2D eigenvalue weighted by atomic mass is 10.0. The Morgan fingerprint density at radius 3 is 2.17 bits per heavy atom. The van der Waals surface area contributed by atoms with E-state index in [1.54, 1.807) is 4.90 Å². The van der Waals surface area contributed by atoms with Gasteiger partial charge in [0, 0.05) is 28.7 Å². The molecule has 2 aliphatic rings. The van der Waals surface area contributed by atoms with Crippen molar-refractivity contribution in [2.45, 2.75) is 24.6 Å². The molecular weight excluding hydrogens is 306 g/mol. The van der Waals surface area contributed by atoms with Gasteiger partial charge in [-0.3, -0.25) is 13.9 Å². The van der Waals surface area contributed by atoms with Gasteiger partial charge in [-0.2, -0.15) is 0 Å². The van der Waals surface area contributed by atoms with E-state index in [0.29, 0.717) is 12.2 Å². The summed E-state index contributed by atoms with van der Waals surface area (Å²) in [5, 5.41) is -0.397. The van der Waals surface area contributed by atoms with E-state index >= 15 is 0 Å². The zero-order chi connectivity index (χ0) is 15.9. The molecule has 3 nitrogen and oxygen atoms in total. The number of hydrogen-bond acceptors (Lipinski definition) is 2. The molecule has 2 fully saturated rings. The maximum atomic E-state index is 13.1. The lowest BCUT2D eigenvalue weighted by molar-refractivity contribution is -0.119. The number of anilines is 1. The average Bonchev–Trinajstić information content (AvgIpc) is 3.33. The molecule has 0 bridgehead atoms. The standard InChI is InChI=1S/C19H19NO2S/c21-17-13-19(11-12-19)14-23(22)18(15-7-3-1-4-8-15)20(17)16-9-5-2-6-10-16/h1-10,18H,11-14H2. The Labute approximate surface area is 138 Å². The van der Waals surface area contributed by atoms with Crippen molar-refractivity contribution in [2.75, 3.05) is 10.7 Å². The molecule has 0 radical (unpaired) electrons. The van der Waals surface area contributed by atoms with Crippen LogP contribution >= 0.6 is 0 Å². The molecule has 1 saturated carbocycles. The zero-order valence-corrected chi connectivity index (χ0v) is 13.7. The first-order chi connectivity index (χ1) is 11.2. The number of benzene rings is 2. The second kappa shape index (κ2) is 5.60. The van der Waals surface area contributed by atoms with Crippen molar-refractivity contribution >= 4 is 22.4 Å². The van der Waals surface area contributed by atoms with E-state index in [1.807, 2.05) is 60.7 Å². The molecule has 23 heavy (non-hydrogen) atoms. The number of para-hydroxylation sites is 1. The largest absolute Gasteiger partial charge is 0.293 e. The van der Waals surface area contributed by atoms with E-state index in [9.17, 15) is 9.00 Å². The van der Waals surface area contributed by atoms with Crippen LogP contribution in [0.15, 0.2) is 60.7 Å². The Morgan fingerprint density at radius 1 is 0.957 bits per heavy atom. The molecule has 1 heterocycles. The second-order valence-corrected chi connectivity index (χ2v) is 8.06. The van der Waals surface area contributed by atoms with Crippen LogP contribution in [-0.2, 0) is 15.6 Å². The van der Waals surface area contributed by atoms with E-state index in [1.165, 1.54) is 0 Å². The minimum atomic E-state index is -1.10. The van der Waals surface area contributed by atoms with Gasteiger partial charge in [-0.25, -0.2) is 0 Å². The first-order valence-corrected chi connectivity index (χ1v) is 9.36. The summed E-state index contributed by atoms with van der Waals surface area (Å²) in [6.45, 7) is 0. The summed E-state index contributed by atoms with van der Waals surface area (Å²) in [5.74, 6) is 0.718. The van der Waals surface area contributed by atoms with E-state index in [4.69, 9.17) is 0 Å². The molecule has 1 aliphatic heterocycles. The predicted molar refractivity (Wildman–Crippen MR) is 92.4 cm³/mol. The zero-order valence-electron chi connectivity index (χ0n) is 12.9. The minimum Gasteiger partial charge on any atom is -0.293 e. The Kier molecular flexibility index (Phi) is 3.57. The molecule has 4 heteroatoms. The highest BCUT2D eigenvalue weighted by molar-refractivity contribution is 7.85. The van der Waals surface area contributed by atoms with Crippen molar-refractivity contribution in [3.8, 4) is 0 Å². The van der Waals surface area contributed by atoms with E-state index in [0.717, 1.165) is 24.1 Å². The molecule has 2 aromatic rings. The van der Waals surface area contributed by atoms with Crippen molar-refractivity contribution in [3.05, 3.63) is 66.2 Å². The predicted octanol–water partition coefficient (Wildman–Crippen LogP) is 3.65. The number of rotatable bonds is 2. The topological polar surface area (TPSA) is 37.4 Å². The van der Waals surface area contributed by atoms with Crippen LogP contribution in [0.2, 0.25) is 0 Å². The van der Waals surface area contributed by atoms with Crippen molar-refractivity contribution < 1.29 is 9.00 Å². The van der Waals surface area contributed by atoms with Gasteiger partial charge >= 0.3 is 0 Å². The van der Waals surface area contributed by atoms with Gasteiger partial charge in [0.1, 0.15) is 5.37 Å². The van der Waals surface area contributed by atoms with Crippen molar-refractivity contribution in [1.29, 1.82) is 0 Å². The fourth-order valence-corrected chi connectivity index (χ4v) is 5.46. The molecule has 2 unspecified atom stereocenters. The summed E-state index contributed by atoms with van der Waals surface area (Å²) in [6, 6.07) is 19.4. The molecule has 1 aliphatic carbocycles. The molecule has 4 rings (SSSR count). The van der Waals surface area contributed by atoms with Gasteiger partial charge in [0.2, 0.25) is 5.91 Å². The third-order valence-corrected chi connectivity index (χ3v) is 6.68. The Morgan fingerprint density at radius 2 is 1.57 bits per heavy atom. The minimum absolute atomic E-state index is 0.0154. The van der Waals surface area contributed by atoms with Crippen LogP contribution in [-0.4, -0.2) is 15.9 Å². The molecular formula is C19H19NO2S. The maximum absolute atomic E-state index is 13.1. The van der Waals surface area contributed by atoms with E-state index in [2.05, 4.69) is 0 Å². The molecule has 2 aromatic carbocycles. The SMILES string of the molecule is O=C1CC2(CC2)CS(=O)C(c2ccccc2)N1c1ccccc1. The highest BCUT2D eigenvalue weighted by Crippen LogP contribution is 2.53. The number of amides is 1. The van der Waals surface area contributed by atoms with Gasteiger partial charge in [0.15, 0.2) is 0 Å². The summed E-state index contributed by atoms with van der Waals surface area (Å²) in [7, 11) is -1.10. The van der Waals surface area contributed by atoms with Gasteiger partial charge < -0.3 is 0 Å². The first-order valence-electron chi connectivity index (χ1n) is 7.98. The van der Waals surface area contributed by atoms with Crippen LogP contribution in [0.3, 0.4) is 0 Å². The van der Waals surface area contributed by atoms with Crippen molar-refractivity contribution in [1.82, 2.24) is 0 Å². The highest BCUT2D eigenvalue weighted by atomic mass is 32.2. The van der Waals surface area contributed by atoms with Crippen LogP contribution in [0.4, 0.5) is 5.69 Å². The molecule has 1 amide bonds. The number of carbonyl (C=O) groups is 1. The van der Waals surface area contributed by atoms with Crippen LogP contribution in [0, 0.1) is 5.41 Å². The van der Waals surface area contributed by atoms with Gasteiger partial charge in [-0.15, -0.1) is 0 Å². The first kappa shape index (κ1) is 14.6. The smallest absolute Gasteiger partial charge is 0.228 e. The van der Waals surface area contributed by atoms with Gasteiger partial charge in [0.25, 0.3) is 0 Å². The molecule has 1 spiro atoms. The third kappa shape index (κ3) is 2.72. The summed E-state index contributed by atoms with van der Waals surface area (Å²) in [6.07, 6.45) is 2.56. The maximum Gasteiger partial charge on any atom is 0.228 e. The van der Waals surface area contributed by atoms with Gasteiger partial charge in [0.05, 0.1) is 0 Å². The van der Waals surface area contributed by atoms with Crippen LogP contribution in [0.5, 0.6) is 0 Å². The second-order valence-electron chi connectivity index (χ2n) is 6.56. The van der Waals surface area contributed by atoms with Crippen molar-refractivity contribution in [3.63, 3.8) is 0 Å². The number of hydrogen-bond donors (Lipinski definition) is 0.